The van der Waals surface area contributed by atoms with E-state index in [1.807, 2.05) is 0 Å². The van der Waals surface area contributed by atoms with E-state index < -0.39 is 0 Å². The first-order valence-corrected chi connectivity index (χ1v) is 9.05. The highest BCUT2D eigenvalue weighted by molar-refractivity contribution is 5.83. The number of ketones is 1. The smallest absolute Gasteiger partial charge is 0.136 e. The maximum absolute atomic E-state index is 12.9. The van der Waals surface area contributed by atoms with Crippen molar-refractivity contribution in [2.45, 2.75) is 65.7 Å². The molecule has 2 heteroatoms. The zero-order valence-corrected chi connectivity index (χ0v) is 14.5. The van der Waals surface area contributed by atoms with Crippen molar-refractivity contribution < 1.29 is 9.90 Å². The number of carbonyl (C=O) groups is 1. The van der Waals surface area contributed by atoms with Gasteiger partial charge in [0.25, 0.3) is 0 Å². The molecule has 0 radical (unpaired) electrons. The van der Waals surface area contributed by atoms with Crippen molar-refractivity contribution in [2.24, 2.45) is 34.0 Å². The van der Waals surface area contributed by atoms with Crippen LogP contribution in [0.1, 0.15) is 65.7 Å². The van der Waals surface area contributed by atoms with Gasteiger partial charge in [-0.1, -0.05) is 33.3 Å². The molecule has 1 N–H and O–H groups in total. The first kappa shape index (κ1) is 16.2. The molecule has 3 fully saturated rings. The molecule has 0 heterocycles. The zero-order chi connectivity index (χ0) is 16.2. The molecule has 0 aromatic carbocycles. The van der Waals surface area contributed by atoms with Crippen LogP contribution in [0.5, 0.6) is 0 Å². The second-order valence-electron chi connectivity index (χ2n) is 9.21. The van der Waals surface area contributed by atoms with Gasteiger partial charge in [-0.2, -0.15) is 0 Å². The Bertz CT molecular complexity index is 484. The van der Waals surface area contributed by atoms with Gasteiger partial charge in [0.2, 0.25) is 0 Å². The van der Waals surface area contributed by atoms with E-state index in [-0.39, 0.29) is 28.8 Å². The molecule has 124 valence electrons. The highest BCUT2D eigenvalue weighted by Crippen LogP contribution is 2.64. The van der Waals surface area contributed by atoms with Gasteiger partial charge in [-0.05, 0) is 60.2 Å². The van der Waals surface area contributed by atoms with Crippen LogP contribution in [-0.2, 0) is 4.79 Å². The zero-order valence-electron chi connectivity index (χ0n) is 14.5. The number of hydrogen-bond donors (Lipinski definition) is 1. The van der Waals surface area contributed by atoms with Crippen molar-refractivity contribution in [1.82, 2.24) is 0 Å². The minimum atomic E-state index is -0.0627. The van der Waals surface area contributed by atoms with E-state index in [0.29, 0.717) is 24.0 Å². The van der Waals surface area contributed by atoms with E-state index in [4.69, 9.17) is 0 Å². The number of aliphatic hydroxyl groups is 1. The average molecular weight is 304 g/mol. The number of rotatable bonds is 2. The van der Waals surface area contributed by atoms with E-state index in [0.717, 1.165) is 25.7 Å². The molecule has 6 atom stereocenters. The largest absolute Gasteiger partial charge is 0.396 e. The van der Waals surface area contributed by atoms with Crippen molar-refractivity contribution in [3.05, 3.63) is 12.7 Å². The number of hydrogen-bond acceptors (Lipinski definition) is 2. The normalized spacial score (nSPS) is 51.8. The predicted molar refractivity (Wildman–Crippen MR) is 89.4 cm³/mol. The summed E-state index contributed by atoms with van der Waals surface area (Å²) in [4.78, 5) is 12.9. The van der Waals surface area contributed by atoms with Crippen molar-refractivity contribution in [2.75, 3.05) is 6.61 Å². The number of fused-ring (bicyclic) bond motifs is 3. The van der Waals surface area contributed by atoms with Gasteiger partial charge in [-0.15, -0.1) is 6.58 Å². The molecule has 3 rings (SSSR count). The van der Waals surface area contributed by atoms with Gasteiger partial charge in [0.15, 0.2) is 0 Å². The van der Waals surface area contributed by atoms with Crippen LogP contribution in [0.2, 0.25) is 0 Å². The quantitative estimate of drug-likeness (QED) is 0.769. The van der Waals surface area contributed by atoms with Crippen molar-refractivity contribution >= 4 is 5.78 Å². The van der Waals surface area contributed by atoms with Crippen LogP contribution in [0.3, 0.4) is 0 Å². The Hall–Kier alpha value is -0.630. The lowest BCUT2D eigenvalue weighted by Gasteiger charge is -2.61. The van der Waals surface area contributed by atoms with E-state index >= 15 is 0 Å². The number of allylic oxidation sites excluding steroid dienone is 1. The monoisotopic (exact) mass is 304 g/mol. The predicted octanol–water partition coefficient (Wildman–Crippen LogP) is 4.37. The van der Waals surface area contributed by atoms with Crippen LogP contribution in [0, 0.1) is 34.0 Å². The van der Waals surface area contributed by atoms with Crippen LogP contribution in [-0.4, -0.2) is 17.5 Å². The van der Waals surface area contributed by atoms with Gasteiger partial charge in [0.1, 0.15) is 5.78 Å². The molecular formula is C20H32O2. The average Bonchev–Trinajstić information content (AvgIpc) is 2.50. The first-order chi connectivity index (χ1) is 10.3. The summed E-state index contributed by atoms with van der Waals surface area (Å²) in [6.07, 6.45) is 9.53. The lowest BCUT2D eigenvalue weighted by molar-refractivity contribution is -0.162. The van der Waals surface area contributed by atoms with Gasteiger partial charge in [0.05, 0.1) is 0 Å². The molecule has 3 aliphatic rings. The molecule has 0 bridgehead atoms. The first-order valence-electron chi connectivity index (χ1n) is 9.05. The molecule has 22 heavy (non-hydrogen) atoms. The molecular weight excluding hydrogens is 272 g/mol. The van der Waals surface area contributed by atoms with Crippen molar-refractivity contribution in [3.63, 3.8) is 0 Å². The Labute approximate surface area is 135 Å². The summed E-state index contributed by atoms with van der Waals surface area (Å²) in [6, 6.07) is 0. The van der Waals surface area contributed by atoms with Crippen LogP contribution in [0.25, 0.3) is 0 Å². The third-order valence-corrected chi connectivity index (χ3v) is 7.82. The van der Waals surface area contributed by atoms with E-state index in [1.54, 1.807) is 0 Å². The summed E-state index contributed by atoms with van der Waals surface area (Å²) in [7, 11) is 0. The van der Waals surface area contributed by atoms with Crippen LogP contribution in [0.15, 0.2) is 12.7 Å². The minimum absolute atomic E-state index is 0.0627. The highest BCUT2D eigenvalue weighted by atomic mass is 16.3. The van der Waals surface area contributed by atoms with Gasteiger partial charge < -0.3 is 5.11 Å². The highest BCUT2D eigenvalue weighted by Gasteiger charge is 2.59. The second-order valence-corrected chi connectivity index (χ2v) is 9.21. The number of aliphatic hydroxyl groups excluding tert-OH is 1. The number of carbonyl (C=O) groups excluding carboxylic acids is 1. The third kappa shape index (κ3) is 2.21. The Morgan fingerprint density at radius 2 is 2.00 bits per heavy atom. The maximum Gasteiger partial charge on any atom is 0.136 e. The molecule has 3 saturated carbocycles. The molecule has 0 aromatic rings. The molecule has 0 spiro atoms. The third-order valence-electron chi connectivity index (χ3n) is 7.82. The summed E-state index contributed by atoms with van der Waals surface area (Å²) in [5.74, 6) is 1.56. The fraction of sp³-hybridized carbons (Fsp3) is 0.850. The summed E-state index contributed by atoms with van der Waals surface area (Å²) in [6.45, 7) is 11.1. The second kappa shape index (κ2) is 5.19. The molecule has 0 aromatic heterocycles. The fourth-order valence-corrected chi connectivity index (χ4v) is 6.23. The van der Waals surface area contributed by atoms with Crippen LogP contribution >= 0.6 is 0 Å². The minimum Gasteiger partial charge on any atom is -0.396 e. The van der Waals surface area contributed by atoms with E-state index in [1.165, 1.54) is 12.8 Å². The van der Waals surface area contributed by atoms with Crippen LogP contribution < -0.4 is 0 Å². The summed E-state index contributed by atoms with van der Waals surface area (Å²) >= 11 is 0. The van der Waals surface area contributed by atoms with Gasteiger partial charge in [0, 0.05) is 18.9 Å². The Morgan fingerprint density at radius 1 is 1.27 bits per heavy atom. The SMILES string of the molecule is C=C[C@]1(C)CC[C@H]2[C@H](C1)C(=O)C[C@@H]1[C@@](C)(CO)CCC[C@]12C. The summed E-state index contributed by atoms with van der Waals surface area (Å²) < 4.78 is 0. The van der Waals surface area contributed by atoms with Crippen molar-refractivity contribution in [1.29, 1.82) is 0 Å². The van der Waals surface area contributed by atoms with Crippen LogP contribution in [0.4, 0.5) is 0 Å². The summed E-state index contributed by atoms with van der Waals surface area (Å²) in [5.41, 5.74) is 0.304. The van der Waals surface area contributed by atoms with Gasteiger partial charge >= 0.3 is 0 Å². The topological polar surface area (TPSA) is 37.3 Å². The lowest BCUT2D eigenvalue weighted by Crippen LogP contribution is -2.58. The van der Waals surface area contributed by atoms with E-state index in [9.17, 15) is 9.90 Å². The lowest BCUT2D eigenvalue weighted by atomic mass is 9.43. The molecule has 0 saturated heterocycles. The standard InChI is InChI=1S/C20H32O2/c1-5-18(2)10-7-15-14(12-18)16(22)11-17-19(3,13-21)8-6-9-20(15,17)4/h5,14-15,17,21H,1,6-13H2,2-4H3/t14-,15-,17+,18+,19+,20-/m0/s1. The Balaban J connectivity index is 1.95. The molecule has 0 aliphatic heterocycles. The molecule has 0 amide bonds. The molecule has 2 nitrogen and oxygen atoms in total. The van der Waals surface area contributed by atoms with E-state index in [2.05, 4.69) is 33.4 Å². The Morgan fingerprint density at radius 3 is 2.64 bits per heavy atom. The molecule has 3 aliphatic carbocycles. The van der Waals surface area contributed by atoms with Gasteiger partial charge in [-0.3, -0.25) is 4.79 Å². The Kier molecular flexibility index (Phi) is 3.83. The molecule has 0 unspecified atom stereocenters. The summed E-state index contributed by atoms with van der Waals surface area (Å²) in [5, 5.41) is 9.98. The van der Waals surface area contributed by atoms with Crippen molar-refractivity contribution in [3.8, 4) is 0 Å². The van der Waals surface area contributed by atoms with Gasteiger partial charge in [-0.25, -0.2) is 0 Å². The maximum atomic E-state index is 12.9. The fourth-order valence-electron chi connectivity index (χ4n) is 6.23. The number of Topliss-reactive ketones (excluding diaryl/α,β-unsaturated/α-hetero) is 1.